The summed E-state index contributed by atoms with van der Waals surface area (Å²) in [5.41, 5.74) is 0.828. The largest absolute Gasteiger partial charge is 0.497 e. The van der Waals surface area contributed by atoms with Crippen molar-refractivity contribution in [2.75, 3.05) is 7.11 Å². The summed E-state index contributed by atoms with van der Waals surface area (Å²) in [5.74, 6) is 1.93. The van der Waals surface area contributed by atoms with Crippen LogP contribution in [0.5, 0.6) is 5.75 Å². The van der Waals surface area contributed by atoms with Crippen LogP contribution in [0.15, 0.2) is 24.3 Å². The number of methoxy groups -OCH3 is 1. The Morgan fingerprint density at radius 2 is 1.89 bits per heavy atom. The molecule has 0 radical (unpaired) electrons. The molecule has 1 unspecified atom stereocenters. The van der Waals surface area contributed by atoms with E-state index in [4.69, 9.17) is 4.74 Å². The zero-order valence-corrected chi connectivity index (χ0v) is 11.3. The molecule has 2 rings (SSSR count). The van der Waals surface area contributed by atoms with Gasteiger partial charge in [0.15, 0.2) is 5.78 Å². The summed E-state index contributed by atoms with van der Waals surface area (Å²) < 4.78 is 5.12. The fourth-order valence-electron chi connectivity index (χ4n) is 3.06. The van der Waals surface area contributed by atoms with Gasteiger partial charge in [-0.1, -0.05) is 19.8 Å². The minimum Gasteiger partial charge on any atom is -0.497 e. The van der Waals surface area contributed by atoms with Crippen molar-refractivity contribution >= 4 is 5.78 Å². The summed E-state index contributed by atoms with van der Waals surface area (Å²) >= 11 is 0. The maximum absolute atomic E-state index is 12.5. The quantitative estimate of drug-likeness (QED) is 0.731. The van der Waals surface area contributed by atoms with Crippen molar-refractivity contribution in [1.29, 1.82) is 0 Å². The van der Waals surface area contributed by atoms with E-state index in [1.54, 1.807) is 7.11 Å². The summed E-state index contributed by atoms with van der Waals surface area (Å²) in [6, 6.07) is 7.51. The summed E-state index contributed by atoms with van der Waals surface area (Å²) in [6.45, 7) is 2.13. The number of ether oxygens (including phenoxy) is 1. The van der Waals surface area contributed by atoms with Crippen molar-refractivity contribution in [3.8, 4) is 5.75 Å². The molecular formula is C16H22O2. The molecule has 2 heteroatoms. The Morgan fingerprint density at radius 3 is 2.39 bits per heavy atom. The zero-order chi connectivity index (χ0) is 13.0. The molecule has 98 valence electrons. The van der Waals surface area contributed by atoms with E-state index in [9.17, 15) is 4.79 Å². The fourth-order valence-corrected chi connectivity index (χ4v) is 3.06. The van der Waals surface area contributed by atoms with Gasteiger partial charge in [0.2, 0.25) is 0 Å². The van der Waals surface area contributed by atoms with Gasteiger partial charge in [-0.05, 0) is 49.4 Å². The van der Waals surface area contributed by atoms with Crippen LogP contribution in [0.25, 0.3) is 0 Å². The molecule has 0 spiro atoms. The van der Waals surface area contributed by atoms with Crippen molar-refractivity contribution in [1.82, 2.24) is 0 Å². The maximum atomic E-state index is 12.5. The van der Waals surface area contributed by atoms with Crippen LogP contribution in [-0.2, 0) is 0 Å². The van der Waals surface area contributed by atoms with Crippen molar-refractivity contribution < 1.29 is 9.53 Å². The van der Waals surface area contributed by atoms with Gasteiger partial charge >= 0.3 is 0 Å². The number of Topliss-reactive ketones (excluding diaryl/α,β-unsaturated/α-hetero) is 1. The summed E-state index contributed by atoms with van der Waals surface area (Å²) in [7, 11) is 1.64. The second kappa shape index (κ2) is 6.03. The van der Waals surface area contributed by atoms with Gasteiger partial charge in [0, 0.05) is 11.5 Å². The number of carbonyl (C=O) groups is 1. The number of hydrogen-bond donors (Lipinski definition) is 0. The van der Waals surface area contributed by atoms with Crippen molar-refractivity contribution in [2.24, 2.45) is 11.8 Å². The van der Waals surface area contributed by atoms with Gasteiger partial charge in [-0.15, -0.1) is 0 Å². The minimum atomic E-state index is 0.209. The first-order valence-corrected chi connectivity index (χ1v) is 6.94. The number of carbonyl (C=O) groups excluding carboxylic acids is 1. The average molecular weight is 246 g/mol. The minimum absolute atomic E-state index is 0.209. The Labute approximate surface area is 109 Å². The first-order chi connectivity index (χ1) is 8.76. The molecule has 1 aromatic carbocycles. The van der Waals surface area contributed by atoms with Crippen LogP contribution in [0, 0.1) is 11.8 Å². The van der Waals surface area contributed by atoms with Crippen LogP contribution in [0.3, 0.4) is 0 Å². The zero-order valence-electron chi connectivity index (χ0n) is 11.3. The van der Waals surface area contributed by atoms with Crippen LogP contribution < -0.4 is 4.74 Å². The lowest BCUT2D eigenvalue weighted by Crippen LogP contribution is -2.21. The number of ketones is 1. The lowest BCUT2D eigenvalue weighted by atomic mass is 9.83. The third-order valence-corrected chi connectivity index (χ3v) is 4.12. The second-order valence-corrected chi connectivity index (χ2v) is 5.15. The molecule has 0 bridgehead atoms. The predicted molar refractivity (Wildman–Crippen MR) is 73.1 cm³/mol. The van der Waals surface area contributed by atoms with E-state index in [0.29, 0.717) is 11.7 Å². The topological polar surface area (TPSA) is 26.3 Å². The smallest absolute Gasteiger partial charge is 0.166 e. The van der Waals surface area contributed by atoms with Crippen LogP contribution in [0.1, 0.15) is 49.4 Å². The lowest BCUT2D eigenvalue weighted by molar-refractivity contribution is 0.0868. The molecule has 1 aliphatic carbocycles. The fraction of sp³-hybridized carbons (Fsp3) is 0.562. The van der Waals surface area contributed by atoms with E-state index in [1.807, 2.05) is 24.3 Å². The van der Waals surface area contributed by atoms with Crippen LogP contribution in [0.4, 0.5) is 0 Å². The summed E-state index contributed by atoms with van der Waals surface area (Å²) in [5, 5.41) is 0. The molecule has 0 saturated heterocycles. The van der Waals surface area contributed by atoms with Gasteiger partial charge in [-0.3, -0.25) is 4.79 Å². The SMILES string of the molecule is CCC(C(=O)c1ccc(OC)cc1)C1CCCC1. The summed E-state index contributed by atoms with van der Waals surface area (Å²) in [4.78, 5) is 12.5. The third kappa shape index (κ3) is 2.74. The molecule has 2 nitrogen and oxygen atoms in total. The normalized spacial score (nSPS) is 17.7. The molecule has 1 aromatic rings. The second-order valence-electron chi connectivity index (χ2n) is 5.15. The molecule has 0 aliphatic heterocycles. The van der Waals surface area contributed by atoms with Gasteiger partial charge in [-0.25, -0.2) is 0 Å². The first kappa shape index (κ1) is 13.1. The third-order valence-electron chi connectivity index (χ3n) is 4.12. The lowest BCUT2D eigenvalue weighted by Gasteiger charge is -2.20. The number of benzene rings is 1. The Kier molecular flexibility index (Phi) is 4.40. The predicted octanol–water partition coefficient (Wildman–Crippen LogP) is 4.09. The standard InChI is InChI=1S/C16H22O2/c1-3-15(12-6-4-5-7-12)16(17)13-8-10-14(18-2)11-9-13/h8-12,15H,3-7H2,1-2H3. The Hall–Kier alpha value is -1.31. The Bertz CT molecular complexity index is 388. The van der Waals surface area contributed by atoms with Crippen molar-refractivity contribution in [3.05, 3.63) is 29.8 Å². The van der Waals surface area contributed by atoms with Gasteiger partial charge < -0.3 is 4.74 Å². The summed E-state index contributed by atoms with van der Waals surface area (Å²) in [6.07, 6.45) is 5.98. The molecule has 18 heavy (non-hydrogen) atoms. The Morgan fingerprint density at radius 1 is 1.28 bits per heavy atom. The molecule has 1 fully saturated rings. The molecule has 1 aliphatic rings. The maximum Gasteiger partial charge on any atom is 0.166 e. The molecule has 0 heterocycles. The molecule has 0 aromatic heterocycles. The highest BCUT2D eigenvalue weighted by Crippen LogP contribution is 2.35. The molecule has 0 amide bonds. The van der Waals surface area contributed by atoms with E-state index in [1.165, 1.54) is 25.7 Å². The van der Waals surface area contributed by atoms with E-state index < -0.39 is 0 Å². The van der Waals surface area contributed by atoms with Gasteiger partial charge in [0.25, 0.3) is 0 Å². The van der Waals surface area contributed by atoms with E-state index in [2.05, 4.69) is 6.92 Å². The van der Waals surface area contributed by atoms with Gasteiger partial charge in [0.05, 0.1) is 7.11 Å². The van der Waals surface area contributed by atoms with Crippen LogP contribution >= 0.6 is 0 Å². The molecule has 1 atom stereocenters. The van der Waals surface area contributed by atoms with Crippen LogP contribution in [-0.4, -0.2) is 12.9 Å². The Balaban J connectivity index is 2.11. The van der Waals surface area contributed by atoms with Gasteiger partial charge in [-0.2, -0.15) is 0 Å². The first-order valence-electron chi connectivity index (χ1n) is 6.94. The number of hydrogen-bond acceptors (Lipinski definition) is 2. The monoisotopic (exact) mass is 246 g/mol. The highest BCUT2D eigenvalue weighted by Gasteiger charge is 2.29. The van der Waals surface area contributed by atoms with Crippen molar-refractivity contribution in [2.45, 2.75) is 39.0 Å². The van der Waals surface area contributed by atoms with Crippen molar-refractivity contribution in [3.63, 3.8) is 0 Å². The van der Waals surface area contributed by atoms with Crippen LogP contribution in [0.2, 0.25) is 0 Å². The average Bonchev–Trinajstić information content (AvgIpc) is 2.93. The molecule has 0 N–H and O–H groups in total. The van der Waals surface area contributed by atoms with E-state index in [-0.39, 0.29) is 5.92 Å². The van der Waals surface area contributed by atoms with E-state index >= 15 is 0 Å². The highest BCUT2D eigenvalue weighted by molar-refractivity contribution is 5.98. The van der Waals surface area contributed by atoms with E-state index in [0.717, 1.165) is 17.7 Å². The number of rotatable bonds is 5. The molecular weight excluding hydrogens is 224 g/mol. The van der Waals surface area contributed by atoms with Gasteiger partial charge in [0.1, 0.15) is 5.75 Å². The highest BCUT2D eigenvalue weighted by atomic mass is 16.5. The molecule has 1 saturated carbocycles.